The lowest BCUT2D eigenvalue weighted by Gasteiger charge is -2.43. The third-order valence-corrected chi connectivity index (χ3v) is 8.96. The molecule has 4 heteroatoms. The van der Waals surface area contributed by atoms with Gasteiger partial charge in [0.2, 0.25) is 5.91 Å². The summed E-state index contributed by atoms with van der Waals surface area (Å²) in [5, 5.41) is 0. The molecule has 0 radical (unpaired) electrons. The lowest BCUT2D eigenvalue weighted by atomic mass is 9.85. The summed E-state index contributed by atoms with van der Waals surface area (Å²) >= 11 is 0. The minimum Gasteiger partial charge on any atom is -0.333 e. The molecule has 0 spiro atoms. The van der Waals surface area contributed by atoms with E-state index in [-0.39, 0.29) is 36.4 Å². The molecule has 1 unspecified atom stereocenters. The third-order valence-electron chi connectivity index (χ3n) is 8.96. The zero-order chi connectivity index (χ0) is 27.8. The second-order valence-electron chi connectivity index (χ2n) is 11.5. The Labute approximate surface area is 237 Å². The van der Waals surface area contributed by atoms with Gasteiger partial charge in [0.15, 0.2) is 0 Å². The van der Waals surface area contributed by atoms with Gasteiger partial charge in [-0.05, 0) is 79.5 Å². The summed E-state index contributed by atoms with van der Waals surface area (Å²) in [6.07, 6.45) is 2.50. The van der Waals surface area contributed by atoms with E-state index in [0.29, 0.717) is 5.56 Å². The van der Waals surface area contributed by atoms with Crippen molar-refractivity contribution in [2.24, 2.45) is 0 Å². The zero-order valence-corrected chi connectivity index (χ0v) is 23.6. The number of carbonyl (C=O) groups excluding carboxylic acids is 1. The lowest BCUT2D eigenvalue weighted by molar-refractivity contribution is -0.140. The van der Waals surface area contributed by atoms with Crippen molar-refractivity contribution in [3.8, 4) is 0 Å². The van der Waals surface area contributed by atoms with Crippen LogP contribution in [-0.2, 0) is 30.6 Å². The average Bonchev–Trinajstić information content (AvgIpc) is 3.41. The molecule has 0 N–H and O–H groups in total. The molecule has 0 saturated carbocycles. The van der Waals surface area contributed by atoms with Gasteiger partial charge in [-0.3, -0.25) is 9.69 Å². The Morgan fingerprint density at radius 1 is 0.875 bits per heavy atom. The van der Waals surface area contributed by atoms with Crippen LogP contribution in [0.3, 0.4) is 0 Å². The predicted octanol–water partition coefficient (Wildman–Crippen LogP) is 6.97. The molecule has 1 amide bonds. The second kappa shape index (κ2) is 11.0. The number of aryl methyl sites for hydroxylation is 2. The fourth-order valence-corrected chi connectivity index (χ4v) is 6.74. The third kappa shape index (κ3) is 4.97. The van der Waals surface area contributed by atoms with Gasteiger partial charge in [0.25, 0.3) is 0 Å². The molecule has 3 nitrogen and oxygen atoms in total. The maximum absolute atomic E-state index is 14.9. The molecule has 40 heavy (non-hydrogen) atoms. The topological polar surface area (TPSA) is 23.6 Å². The summed E-state index contributed by atoms with van der Waals surface area (Å²) in [6, 6.07) is 30.2. The van der Waals surface area contributed by atoms with Crippen molar-refractivity contribution in [3.05, 3.63) is 141 Å². The van der Waals surface area contributed by atoms with E-state index in [0.717, 1.165) is 25.8 Å². The number of hydrogen-bond acceptors (Lipinski definition) is 2. The Morgan fingerprint density at radius 2 is 1.52 bits per heavy atom. The average molecular weight is 533 g/mol. The van der Waals surface area contributed by atoms with E-state index in [4.69, 9.17) is 0 Å². The first-order valence-corrected chi connectivity index (χ1v) is 14.4. The Hall–Kier alpha value is -3.76. The Kier molecular flexibility index (Phi) is 7.29. The normalized spacial score (nSPS) is 17.8. The van der Waals surface area contributed by atoms with Gasteiger partial charge in [0, 0.05) is 24.7 Å². The standard InChI is InChI=1S/C36H37FN2O/c1-24-16-17-25(2)33(20-24)35-32-14-8-6-10-27(32)18-19-38(35)26(3)36(40)39(23-30-13-7-9-15-34(30)37)31-21-28-11-4-5-12-29(28)22-31/h4-17,20,26,31,35H,18-19,21-23H2,1-3H3/t26-,35?/m0/s1. The van der Waals surface area contributed by atoms with Crippen LogP contribution in [0.4, 0.5) is 4.39 Å². The summed E-state index contributed by atoms with van der Waals surface area (Å²) in [6.45, 7) is 7.40. The van der Waals surface area contributed by atoms with Crippen LogP contribution in [0.5, 0.6) is 0 Å². The van der Waals surface area contributed by atoms with Gasteiger partial charge in [-0.2, -0.15) is 0 Å². The van der Waals surface area contributed by atoms with Gasteiger partial charge in [-0.1, -0.05) is 90.5 Å². The number of halogens is 1. The maximum atomic E-state index is 14.9. The smallest absolute Gasteiger partial charge is 0.240 e. The molecule has 0 saturated heterocycles. The van der Waals surface area contributed by atoms with E-state index in [2.05, 4.69) is 85.5 Å². The van der Waals surface area contributed by atoms with Crippen molar-refractivity contribution in [3.63, 3.8) is 0 Å². The van der Waals surface area contributed by atoms with Gasteiger partial charge in [0.1, 0.15) is 5.82 Å². The first-order chi connectivity index (χ1) is 19.4. The highest BCUT2D eigenvalue weighted by molar-refractivity contribution is 5.82. The molecular weight excluding hydrogens is 495 g/mol. The van der Waals surface area contributed by atoms with Crippen LogP contribution in [0, 0.1) is 19.7 Å². The quantitative estimate of drug-likeness (QED) is 0.268. The molecule has 0 aromatic heterocycles. The monoisotopic (exact) mass is 532 g/mol. The van der Waals surface area contributed by atoms with Crippen LogP contribution >= 0.6 is 0 Å². The number of hydrogen-bond donors (Lipinski definition) is 0. The summed E-state index contributed by atoms with van der Waals surface area (Å²) < 4.78 is 14.9. The molecule has 0 bridgehead atoms. The van der Waals surface area contributed by atoms with Gasteiger partial charge < -0.3 is 4.90 Å². The van der Waals surface area contributed by atoms with Crippen LogP contribution in [-0.4, -0.2) is 34.3 Å². The second-order valence-corrected chi connectivity index (χ2v) is 11.5. The largest absolute Gasteiger partial charge is 0.333 e. The first kappa shape index (κ1) is 26.5. The number of amides is 1. The Morgan fingerprint density at radius 3 is 2.25 bits per heavy atom. The van der Waals surface area contributed by atoms with Crippen LogP contribution in [0.2, 0.25) is 0 Å². The van der Waals surface area contributed by atoms with E-state index in [1.54, 1.807) is 12.1 Å². The SMILES string of the molecule is Cc1ccc(C)c(C2c3ccccc3CCN2[C@@H](C)C(=O)N(Cc2ccccc2F)C2Cc3ccccc3C2)c1. The van der Waals surface area contributed by atoms with Gasteiger partial charge in [0.05, 0.1) is 12.1 Å². The molecule has 0 fully saturated rings. The molecule has 2 aliphatic rings. The van der Waals surface area contributed by atoms with Crippen molar-refractivity contribution in [1.82, 2.24) is 9.80 Å². The highest BCUT2D eigenvalue weighted by Crippen LogP contribution is 2.39. The summed E-state index contributed by atoms with van der Waals surface area (Å²) in [5.41, 5.74) is 9.45. The fourth-order valence-electron chi connectivity index (χ4n) is 6.74. The van der Waals surface area contributed by atoms with Gasteiger partial charge in [-0.25, -0.2) is 4.39 Å². The number of benzene rings is 4. The number of carbonyl (C=O) groups is 1. The van der Waals surface area contributed by atoms with Crippen LogP contribution < -0.4 is 0 Å². The van der Waals surface area contributed by atoms with Crippen molar-refractivity contribution >= 4 is 5.91 Å². The van der Waals surface area contributed by atoms with Gasteiger partial charge in [-0.15, -0.1) is 0 Å². The lowest BCUT2D eigenvalue weighted by Crippen LogP contribution is -2.53. The molecule has 6 rings (SSSR count). The number of nitrogens with zero attached hydrogens (tertiary/aromatic N) is 2. The molecule has 4 aromatic carbocycles. The fraction of sp³-hybridized carbons (Fsp3) is 0.306. The molecule has 4 aromatic rings. The van der Waals surface area contributed by atoms with Crippen LogP contribution in [0.15, 0.2) is 91.0 Å². The minimum atomic E-state index is -0.367. The molecule has 1 heterocycles. The van der Waals surface area contributed by atoms with Crippen LogP contribution in [0.25, 0.3) is 0 Å². The highest BCUT2D eigenvalue weighted by Gasteiger charge is 2.39. The van der Waals surface area contributed by atoms with E-state index < -0.39 is 0 Å². The first-order valence-electron chi connectivity index (χ1n) is 14.4. The molecule has 1 aliphatic carbocycles. The van der Waals surface area contributed by atoms with E-state index in [9.17, 15) is 9.18 Å². The molecule has 204 valence electrons. The zero-order valence-electron chi connectivity index (χ0n) is 23.6. The minimum absolute atomic E-state index is 0.00295. The summed E-state index contributed by atoms with van der Waals surface area (Å²) in [5.74, 6) is -0.195. The van der Waals surface area contributed by atoms with E-state index in [1.165, 1.54) is 45.0 Å². The molecule has 1 aliphatic heterocycles. The highest BCUT2D eigenvalue weighted by atomic mass is 19.1. The van der Waals surface area contributed by atoms with Crippen molar-refractivity contribution in [2.75, 3.05) is 6.54 Å². The Bertz CT molecular complexity index is 1520. The molecule has 2 atom stereocenters. The van der Waals surface area contributed by atoms with Crippen molar-refractivity contribution < 1.29 is 9.18 Å². The Balaban J connectivity index is 1.37. The number of rotatable bonds is 6. The molecular formula is C36H37FN2O. The van der Waals surface area contributed by atoms with Crippen molar-refractivity contribution in [1.29, 1.82) is 0 Å². The van der Waals surface area contributed by atoms with E-state index >= 15 is 0 Å². The van der Waals surface area contributed by atoms with Crippen LogP contribution in [0.1, 0.15) is 57.5 Å². The summed E-state index contributed by atoms with van der Waals surface area (Å²) in [7, 11) is 0. The van der Waals surface area contributed by atoms with Gasteiger partial charge >= 0.3 is 0 Å². The van der Waals surface area contributed by atoms with E-state index in [1.807, 2.05) is 17.9 Å². The predicted molar refractivity (Wildman–Crippen MR) is 159 cm³/mol. The maximum Gasteiger partial charge on any atom is 0.240 e. The summed E-state index contributed by atoms with van der Waals surface area (Å²) in [4.78, 5) is 18.9. The van der Waals surface area contributed by atoms with Crippen molar-refractivity contribution in [2.45, 2.75) is 64.7 Å². The number of fused-ring (bicyclic) bond motifs is 2.